The van der Waals surface area contributed by atoms with Crippen molar-refractivity contribution < 1.29 is 14.3 Å². The molecule has 0 radical (unpaired) electrons. The van der Waals surface area contributed by atoms with Gasteiger partial charge < -0.3 is 4.74 Å². The Hall–Kier alpha value is -3.72. The fraction of sp³-hybridized carbons (Fsp3) is 0.308. The third kappa shape index (κ3) is 2.89. The number of imide groups is 1. The van der Waals surface area contributed by atoms with Crippen LogP contribution in [0, 0.1) is 46.8 Å². The third-order valence-electron chi connectivity index (χ3n) is 7.37. The molecule has 158 valence electrons. The van der Waals surface area contributed by atoms with Gasteiger partial charge in [0.25, 0.3) is 11.8 Å². The molecule has 1 aliphatic heterocycles. The molecule has 2 aromatic rings. The molecule has 6 nitrogen and oxygen atoms in total. The molecule has 0 N–H and O–H groups in total. The van der Waals surface area contributed by atoms with Crippen molar-refractivity contribution in [3.63, 3.8) is 0 Å². The number of carbonyl (C=O) groups is 2. The number of hydrogen-bond donors (Lipinski definition) is 0. The average Bonchev–Trinajstić information content (AvgIpc) is 3.61. The number of rotatable bonds is 5. The summed E-state index contributed by atoms with van der Waals surface area (Å²) in [5, 5.41) is 14.5. The number of nitriles is 1. The molecule has 2 aromatic carbocycles. The van der Waals surface area contributed by atoms with Crippen molar-refractivity contribution in [1.82, 2.24) is 5.01 Å². The standard InChI is InChI=1S/C26H21N3O3/c27-12-16-3-1-2-4-17(16)14-32-18-7-5-15(6-8-18)13-28-29-25(30)23-19-9-10-20(22-11-21(19)22)24(23)26(29)31/h1-10,13,19-24H,11,14H2/b28-13-/t19-,20-,21-,22+,23-,24-/m1/s1. The van der Waals surface area contributed by atoms with Gasteiger partial charge in [-0.3, -0.25) is 9.59 Å². The predicted octanol–water partition coefficient (Wildman–Crippen LogP) is 3.52. The Bertz CT molecular complexity index is 1170. The highest BCUT2D eigenvalue weighted by atomic mass is 16.5. The van der Waals surface area contributed by atoms with Crippen LogP contribution in [0.15, 0.2) is 65.8 Å². The maximum atomic E-state index is 13.0. The Balaban J connectivity index is 1.13. The molecule has 0 aromatic heterocycles. The molecule has 3 fully saturated rings. The van der Waals surface area contributed by atoms with Crippen molar-refractivity contribution >= 4 is 18.0 Å². The van der Waals surface area contributed by atoms with Crippen LogP contribution in [-0.4, -0.2) is 23.0 Å². The molecule has 5 aliphatic rings. The molecule has 32 heavy (non-hydrogen) atoms. The number of ether oxygens (including phenoxy) is 1. The van der Waals surface area contributed by atoms with E-state index >= 15 is 0 Å². The Labute approximate surface area is 185 Å². The van der Waals surface area contributed by atoms with E-state index in [9.17, 15) is 14.9 Å². The van der Waals surface area contributed by atoms with Gasteiger partial charge in [-0.05, 0) is 66.0 Å². The quantitative estimate of drug-likeness (QED) is 0.419. The summed E-state index contributed by atoms with van der Waals surface area (Å²) in [6, 6.07) is 16.8. The summed E-state index contributed by atoms with van der Waals surface area (Å²) in [6.07, 6.45) is 7.02. The minimum Gasteiger partial charge on any atom is -0.489 e. The number of allylic oxidation sites excluding steroid dienone is 2. The molecule has 0 unspecified atom stereocenters. The molecule has 0 spiro atoms. The monoisotopic (exact) mass is 423 g/mol. The molecule has 6 atom stereocenters. The summed E-state index contributed by atoms with van der Waals surface area (Å²) in [5.41, 5.74) is 2.20. The molecule has 4 aliphatic carbocycles. The molecular formula is C26H21N3O3. The highest BCUT2D eigenvalue weighted by Gasteiger charge is 2.67. The van der Waals surface area contributed by atoms with Gasteiger partial charge in [-0.25, -0.2) is 0 Å². The highest BCUT2D eigenvalue weighted by Crippen LogP contribution is 2.65. The first-order valence-electron chi connectivity index (χ1n) is 11.0. The summed E-state index contributed by atoms with van der Waals surface area (Å²) >= 11 is 0. The summed E-state index contributed by atoms with van der Waals surface area (Å²) in [5.74, 6) is 1.46. The topological polar surface area (TPSA) is 82.8 Å². The van der Waals surface area contributed by atoms with Crippen LogP contribution in [-0.2, 0) is 16.2 Å². The van der Waals surface area contributed by atoms with E-state index in [0.717, 1.165) is 22.6 Å². The van der Waals surface area contributed by atoms with Crippen molar-refractivity contribution in [3.8, 4) is 11.8 Å². The first kappa shape index (κ1) is 19.0. The summed E-state index contributed by atoms with van der Waals surface area (Å²) < 4.78 is 5.79. The van der Waals surface area contributed by atoms with Crippen LogP contribution in [0.2, 0.25) is 0 Å². The molecule has 6 heteroatoms. The molecule has 2 bridgehead atoms. The normalized spacial score (nSPS) is 31.5. The number of benzene rings is 2. The maximum absolute atomic E-state index is 13.0. The van der Waals surface area contributed by atoms with Crippen molar-refractivity contribution in [2.75, 3.05) is 0 Å². The Kier molecular flexibility index (Phi) is 4.25. The van der Waals surface area contributed by atoms with Crippen molar-refractivity contribution in [2.45, 2.75) is 13.0 Å². The number of nitrogens with zero attached hydrogens (tertiary/aromatic N) is 3. The van der Waals surface area contributed by atoms with E-state index in [2.05, 4.69) is 23.3 Å². The lowest BCUT2D eigenvalue weighted by Gasteiger charge is -2.37. The van der Waals surface area contributed by atoms with Gasteiger partial charge in [0.15, 0.2) is 0 Å². The Morgan fingerprint density at radius 2 is 1.66 bits per heavy atom. The summed E-state index contributed by atoms with van der Waals surface area (Å²) in [4.78, 5) is 25.9. The van der Waals surface area contributed by atoms with E-state index in [-0.39, 0.29) is 35.5 Å². The van der Waals surface area contributed by atoms with Gasteiger partial charge in [-0.2, -0.15) is 15.4 Å². The Morgan fingerprint density at radius 1 is 1.00 bits per heavy atom. The van der Waals surface area contributed by atoms with Gasteiger partial charge in [0, 0.05) is 5.56 Å². The van der Waals surface area contributed by atoms with Crippen molar-refractivity contribution in [1.29, 1.82) is 5.26 Å². The number of hydrogen-bond acceptors (Lipinski definition) is 5. The minimum absolute atomic E-state index is 0.155. The molecule has 2 saturated carbocycles. The largest absolute Gasteiger partial charge is 0.489 e. The second-order valence-corrected chi connectivity index (χ2v) is 9.01. The van der Waals surface area contributed by atoms with E-state index in [1.807, 2.05) is 30.3 Å². The molecule has 1 heterocycles. The molecule has 1 saturated heterocycles. The summed E-state index contributed by atoms with van der Waals surface area (Å²) in [6.45, 7) is 0.301. The van der Waals surface area contributed by atoms with Gasteiger partial charge in [0.05, 0.1) is 29.7 Å². The summed E-state index contributed by atoms with van der Waals surface area (Å²) in [7, 11) is 0. The van der Waals surface area contributed by atoms with Gasteiger partial charge in [0.1, 0.15) is 12.4 Å². The average molecular weight is 423 g/mol. The van der Waals surface area contributed by atoms with Gasteiger partial charge in [-0.15, -0.1) is 0 Å². The first-order valence-corrected chi connectivity index (χ1v) is 11.0. The van der Waals surface area contributed by atoms with Crippen LogP contribution in [0.4, 0.5) is 0 Å². The van der Waals surface area contributed by atoms with E-state index in [1.54, 1.807) is 24.4 Å². The number of amides is 2. The van der Waals surface area contributed by atoms with Gasteiger partial charge >= 0.3 is 0 Å². The van der Waals surface area contributed by atoms with Gasteiger partial charge in [0.2, 0.25) is 0 Å². The lowest BCUT2D eigenvalue weighted by Crippen LogP contribution is -2.40. The zero-order valence-electron chi connectivity index (χ0n) is 17.3. The van der Waals surface area contributed by atoms with Crippen molar-refractivity contribution in [2.24, 2.45) is 40.6 Å². The first-order chi connectivity index (χ1) is 15.7. The van der Waals surface area contributed by atoms with Crippen LogP contribution in [0.25, 0.3) is 0 Å². The second kappa shape index (κ2) is 7.16. The van der Waals surface area contributed by atoms with Crippen LogP contribution >= 0.6 is 0 Å². The lowest BCUT2D eigenvalue weighted by atomic mass is 9.63. The SMILES string of the molecule is N#Cc1ccccc1COc1ccc(/C=N\N2C(=O)[C@@H]3[C@@H]4C=C[C@H]([C@@H]5C[C@H]45)[C@H]3C2=O)cc1. The molecular weight excluding hydrogens is 402 g/mol. The minimum atomic E-state index is -0.231. The fourth-order valence-corrected chi connectivity index (χ4v) is 5.75. The fourth-order valence-electron chi connectivity index (χ4n) is 5.75. The van der Waals surface area contributed by atoms with Crippen LogP contribution in [0.1, 0.15) is 23.1 Å². The lowest BCUT2D eigenvalue weighted by molar-refractivity contribution is -0.140. The van der Waals surface area contributed by atoms with E-state index in [4.69, 9.17) is 4.74 Å². The Morgan fingerprint density at radius 3 is 2.31 bits per heavy atom. The molecule has 7 rings (SSSR count). The smallest absolute Gasteiger partial charge is 0.254 e. The van der Waals surface area contributed by atoms with Crippen LogP contribution < -0.4 is 4.74 Å². The maximum Gasteiger partial charge on any atom is 0.254 e. The zero-order chi connectivity index (χ0) is 21.8. The zero-order valence-corrected chi connectivity index (χ0v) is 17.3. The predicted molar refractivity (Wildman–Crippen MR) is 116 cm³/mol. The van der Waals surface area contributed by atoms with E-state index < -0.39 is 0 Å². The van der Waals surface area contributed by atoms with Crippen LogP contribution in [0.5, 0.6) is 5.75 Å². The van der Waals surface area contributed by atoms with E-state index in [1.165, 1.54) is 0 Å². The number of carbonyl (C=O) groups excluding carboxylic acids is 2. The second-order valence-electron chi connectivity index (χ2n) is 9.01. The van der Waals surface area contributed by atoms with Crippen LogP contribution in [0.3, 0.4) is 0 Å². The number of hydrazone groups is 1. The van der Waals surface area contributed by atoms with Crippen molar-refractivity contribution in [3.05, 3.63) is 77.4 Å². The third-order valence-corrected chi connectivity index (χ3v) is 7.37. The van der Waals surface area contributed by atoms with E-state index in [0.29, 0.717) is 29.8 Å². The van der Waals surface area contributed by atoms with Gasteiger partial charge in [-0.1, -0.05) is 30.4 Å². The molecule has 2 amide bonds. The highest BCUT2D eigenvalue weighted by molar-refractivity contribution is 6.06.